The molecule has 3 amide bonds. The van der Waals surface area contributed by atoms with Crippen LogP contribution in [0.15, 0.2) is 18.2 Å². The topological polar surface area (TPSA) is 95.9 Å². The first-order chi connectivity index (χ1) is 13.6. The van der Waals surface area contributed by atoms with Gasteiger partial charge in [0.05, 0.1) is 17.2 Å². The Morgan fingerprint density at radius 3 is 2.52 bits per heavy atom. The zero-order valence-electron chi connectivity index (χ0n) is 17.5. The molecule has 0 bridgehead atoms. The predicted octanol–water partition coefficient (Wildman–Crippen LogP) is 3.07. The average molecular weight is 402 g/mol. The van der Waals surface area contributed by atoms with Crippen LogP contribution in [0.3, 0.4) is 0 Å². The molecule has 1 saturated carbocycles. The Morgan fingerprint density at radius 2 is 1.90 bits per heavy atom. The lowest BCUT2D eigenvalue weighted by atomic mass is 9.81. The molecule has 1 aliphatic carbocycles. The number of ether oxygens (including phenoxy) is 1. The molecular weight excluding hydrogens is 372 g/mol. The first-order valence-corrected chi connectivity index (χ1v) is 10.2. The van der Waals surface area contributed by atoms with E-state index >= 15 is 0 Å². The molecular formula is C22H30N2O5. The van der Waals surface area contributed by atoms with Crippen molar-refractivity contribution in [2.75, 3.05) is 13.6 Å². The highest BCUT2D eigenvalue weighted by molar-refractivity contribution is 6.22. The Kier molecular flexibility index (Phi) is 5.98. The SMILES string of the molecule is CN(C[C@@H](c1cccc2c1C(=O)NC2=O)[C@@H](O)C1CCCC1)C(=O)OC(C)(C)C. The van der Waals surface area contributed by atoms with Crippen molar-refractivity contribution in [1.82, 2.24) is 10.2 Å². The summed E-state index contributed by atoms with van der Waals surface area (Å²) in [7, 11) is 1.62. The van der Waals surface area contributed by atoms with Crippen molar-refractivity contribution in [3.8, 4) is 0 Å². The fourth-order valence-electron chi connectivity index (χ4n) is 4.28. The van der Waals surface area contributed by atoms with E-state index in [0.717, 1.165) is 25.7 Å². The number of nitrogens with one attached hydrogen (secondary N) is 1. The van der Waals surface area contributed by atoms with E-state index in [9.17, 15) is 19.5 Å². The number of likely N-dealkylation sites (N-methyl/N-ethyl adjacent to an activating group) is 1. The third-order valence-electron chi connectivity index (χ3n) is 5.67. The standard InChI is InChI=1S/C22H30N2O5/c1-22(2,3)29-21(28)24(4)12-16(18(25)13-8-5-6-9-13)14-10-7-11-15-17(14)20(27)23-19(15)26/h7,10-11,13,16,18,25H,5-6,8-9,12H2,1-4H3,(H,23,26,27)/t16-,18-/m0/s1. The molecule has 158 valence electrons. The monoisotopic (exact) mass is 402 g/mol. The van der Waals surface area contributed by atoms with E-state index < -0.39 is 35.5 Å². The molecule has 2 aliphatic rings. The van der Waals surface area contributed by atoms with Crippen LogP contribution < -0.4 is 5.32 Å². The van der Waals surface area contributed by atoms with Crippen LogP contribution in [0, 0.1) is 5.92 Å². The van der Waals surface area contributed by atoms with E-state index in [-0.39, 0.29) is 12.5 Å². The third kappa shape index (κ3) is 4.61. The summed E-state index contributed by atoms with van der Waals surface area (Å²) in [4.78, 5) is 38.5. The molecule has 7 heteroatoms. The lowest BCUT2D eigenvalue weighted by Gasteiger charge is -2.33. The van der Waals surface area contributed by atoms with Crippen molar-refractivity contribution in [1.29, 1.82) is 0 Å². The largest absolute Gasteiger partial charge is 0.444 e. The van der Waals surface area contributed by atoms with Gasteiger partial charge < -0.3 is 14.7 Å². The van der Waals surface area contributed by atoms with Crippen molar-refractivity contribution in [2.45, 2.75) is 64.1 Å². The minimum absolute atomic E-state index is 0.100. The maximum Gasteiger partial charge on any atom is 0.410 e. The number of carbonyl (C=O) groups is 3. The minimum Gasteiger partial charge on any atom is -0.444 e. The first-order valence-electron chi connectivity index (χ1n) is 10.2. The van der Waals surface area contributed by atoms with E-state index in [4.69, 9.17) is 4.74 Å². The second-order valence-electron chi connectivity index (χ2n) is 9.06. The smallest absolute Gasteiger partial charge is 0.410 e. The molecule has 2 atom stereocenters. The molecule has 2 N–H and O–H groups in total. The van der Waals surface area contributed by atoms with Crippen LogP contribution in [0.2, 0.25) is 0 Å². The van der Waals surface area contributed by atoms with Crippen LogP contribution in [-0.4, -0.2) is 53.2 Å². The number of aliphatic hydroxyl groups is 1. The summed E-state index contributed by atoms with van der Waals surface area (Å²) in [6, 6.07) is 5.09. The van der Waals surface area contributed by atoms with Crippen LogP contribution in [0.1, 0.15) is 78.7 Å². The van der Waals surface area contributed by atoms with Crippen molar-refractivity contribution < 1.29 is 24.2 Å². The van der Waals surface area contributed by atoms with Gasteiger partial charge >= 0.3 is 6.09 Å². The predicted molar refractivity (Wildman–Crippen MR) is 108 cm³/mol. The van der Waals surface area contributed by atoms with E-state index in [1.165, 1.54) is 4.90 Å². The number of rotatable bonds is 5. The molecule has 1 aliphatic heterocycles. The number of carbonyl (C=O) groups excluding carboxylic acids is 3. The highest BCUT2D eigenvalue weighted by Gasteiger charge is 2.38. The molecule has 1 heterocycles. The Hall–Kier alpha value is -2.41. The average Bonchev–Trinajstić information content (AvgIpc) is 3.26. The maximum absolute atomic E-state index is 12.5. The fourth-order valence-corrected chi connectivity index (χ4v) is 4.28. The van der Waals surface area contributed by atoms with Gasteiger partial charge in [-0.1, -0.05) is 25.0 Å². The molecule has 1 aromatic rings. The molecule has 1 aromatic carbocycles. The van der Waals surface area contributed by atoms with Crippen LogP contribution >= 0.6 is 0 Å². The molecule has 0 unspecified atom stereocenters. The molecule has 7 nitrogen and oxygen atoms in total. The highest BCUT2D eigenvalue weighted by atomic mass is 16.6. The number of nitrogens with zero attached hydrogens (tertiary/aromatic N) is 1. The molecule has 0 radical (unpaired) electrons. The molecule has 3 rings (SSSR count). The quantitative estimate of drug-likeness (QED) is 0.738. The van der Waals surface area contributed by atoms with E-state index in [1.54, 1.807) is 46.0 Å². The number of aliphatic hydroxyl groups excluding tert-OH is 1. The number of imide groups is 1. The van der Waals surface area contributed by atoms with Gasteiger partial charge in [-0.3, -0.25) is 14.9 Å². The van der Waals surface area contributed by atoms with Crippen molar-refractivity contribution in [3.63, 3.8) is 0 Å². The van der Waals surface area contributed by atoms with Gasteiger partial charge in [0, 0.05) is 19.5 Å². The Labute approximate surface area is 171 Å². The van der Waals surface area contributed by atoms with Crippen molar-refractivity contribution in [2.24, 2.45) is 5.92 Å². The van der Waals surface area contributed by atoms with E-state index in [2.05, 4.69) is 5.32 Å². The van der Waals surface area contributed by atoms with Gasteiger partial charge in [0.15, 0.2) is 0 Å². The third-order valence-corrected chi connectivity index (χ3v) is 5.67. The van der Waals surface area contributed by atoms with Gasteiger partial charge in [0.1, 0.15) is 5.60 Å². The number of hydrogen-bond donors (Lipinski definition) is 2. The van der Waals surface area contributed by atoms with Crippen molar-refractivity contribution >= 4 is 17.9 Å². The minimum atomic E-state index is -0.725. The lowest BCUT2D eigenvalue weighted by molar-refractivity contribution is 0.0209. The van der Waals surface area contributed by atoms with Gasteiger partial charge in [0.25, 0.3) is 11.8 Å². The number of fused-ring (bicyclic) bond motifs is 1. The number of hydrogen-bond acceptors (Lipinski definition) is 5. The van der Waals surface area contributed by atoms with Gasteiger partial charge in [-0.05, 0) is 51.2 Å². The molecule has 0 aromatic heterocycles. The Bertz CT molecular complexity index is 808. The lowest BCUT2D eigenvalue weighted by Crippen LogP contribution is -2.40. The van der Waals surface area contributed by atoms with Crippen LogP contribution in [0.25, 0.3) is 0 Å². The highest BCUT2D eigenvalue weighted by Crippen LogP contribution is 2.37. The van der Waals surface area contributed by atoms with Gasteiger partial charge in [-0.15, -0.1) is 0 Å². The second kappa shape index (κ2) is 8.14. The summed E-state index contributed by atoms with van der Waals surface area (Å²) in [5.41, 5.74) is 0.583. The Morgan fingerprint density at radius 1 is 1.24 bits per heavy atom. The van der Waals surface area contributed by atoms with E-state index in [0.29, 0.717) is 16.7 Å². The van der Waals surface area contributed by atoms with Crippen LogP contribution in [-0.2, 0) is 4.74 Å². The zero-order valence-corrected chi connectivity index (χ0v) is 17.5. The summed E-state index contributed by atoms with van der Waals surface area (Å²) in [5.74, 6) is -1.28. The summed E-state index contributed by atoms with van der Waals surface area (Å²) >= 11 is 0. The number of benzene rings is 1. The summed E-state index contributed by atoms with van der Waals surface area (Å²) in [6.07, 6.45) is 2.72. The maximum atomic E-state index is 12.5. The normalized spacial score (nSPS) is 18.9. The van der Waals surface area contributed by atoms with Crippen molar-refractivity contribution in [3.05, 3.63) is 34.9 Å². The summed E-state index contributed by atoms with van der Waals surface area (Å²) in [6.45, 7) is 5.57. The summed E-state index contributed by atoms with van der Waals surface area (Å²) < 4.78 is 5.44. The molecule has 0 spiro atoms. The van der Waals surface area contributed by atoms with Gasteiger partial charge in [-0.2, -0.15) is 0 Å². The fraction of sp³-hybridized carbons (Fsp3) is 0.591. The van der Waals surface area contributed by atoms with Crippen LogP contribution in [0.5, 0.6) is 0 Å². The zero-order chi connectivity index (χ0) is 21.3. The Balaban J connectivity index is 1.94. The van der Waals surface area contributed by atoms with Crippen LogP contribution in [0.4, 0.5) is 4.79 Å². The van der Waals surface area contributed by atoms with Gasteiger partial charge in [0.2, 0.25) is 0 Å². The van der Waals surface area contributed by atoms with Gasteiger partial charge in [-0.25, -0.2) is 4.79 Å². The first kappa shape index (κ1) is 21.3. The molecule has 29 heavy (non-hydrogen) atoms. The number of amides is 3. The molecule has 0 saturated heterocycles. The molecule has 1 fully saturated rings. The second-order valence-corrected chi connectivity index (χ2v) is 9.06. The van der Waals surface area contributed by atoms with E-state index in [1.807, 2.05) is 0 Å². The summed E-state index contributed by atoms with van der Waals surface area (Å²) in [5, 5.41) is 13.5.